The Bertz CT molecular complexity index is 2240. The van der Waals surface area contributed by atoms with Gasteiger partial charge in [-0.3, -0.25) is 9.59 Å². The van der Waals surface area contributed by atoms with Gasteiger partial charge in [-0.25, -0.2) is 4.79 Å². The molecule has 3 heterocycles. The van der Waals surface area contributed by atoms with E-state index in [1.54, 1.807) is 59.3 Å². The van der Waals surface area contributed by atoms with Crippen LogP contribution in [0.25, 0.3) is 5.57 Å². The smallest absolute Gasteiger partial charge is 0.416 e. The van der Waals surface area contributed by atoms with Crippen molar-refractivity contribution in [1.29, 1.82) is 0 Å². The quantitative estimate of drug-likeness (QED) is 0.0943. The number of hydrogen-bond acceptors (Lipinski definition) is 8. The van der Waals surface area contributed by atoms with Crippen LogP contribution in [0.2, 0.25) is 0 Å². The number of carboxylic acids is 2. The Labute approximate surface area is 338 Å². The van der Waals surface area contributed by atoms with E-state index in [0.717, 1.165) is 18.9 Å². The van der Waals surface area contributed by atoms with Crippen LogP contribution >= 0.6 is 11.3 Å². The van der Waals surface area contributed by atoms with E-state index in [1.807, 2.05) is 19.1 Å². The molecule has 2 aliphatic rings. The summed E-state index contributed by atoms with van der Waals surface area (Å²) in [6.45, 7) is 3.59. The molecular formula is C44H46F3NO9S. The second-order valence-electron chi connectivity index (χ2n) is 14.8. The van der Waals surface area contributed by atoms with Crippen molar-refractivity contribution in [3.05, 3.63) is 127 Å². The zero-order valence-electron chi connectivity index (χ0n) is 32.5. The summed E-state index contributed by atoms with van der Waals surface area (Å²) in [5, 5.41) is 22.6. The average molecular weight is 822 g/mol. The van der Waals surface area contributed by atoms with Crippen molar-refractivity contribution in [2.75, 3.05) is 13.4 Å². The number of carboxylic acid groups (broad SMARTS) is 2. The van der Waals surface area contributed by atoms with Crippen LogP contribution < -0.4 is 19.8 Å². The van der Waals surface area contributed by atoms with Gasteiger partial charge in [-0.05, 0) is 108 Å². The minimum Gasteiger partial charge on any atom is -0.494 e. The van der Waals surface area contributed by atoms with E-state index in [1.165, 1.54) is 29.9 Å². The first kappa shape index (κ1) is 42.1. The summed E-state index contributed by atoms with van der Waals surface area (Å²) in [6.07, 6.45) is 1.08. The van der Waals surface area contributed by atoms with Gasteiger partial charge in [-0.15, -0.1) is 0 Å². The molecule has 14 heteroatoms. The summed E-state index contributed by atoms with van der Waals surface area (Å²) in [4.78, 5) is 37.4. The highest BCUT2D eigenvalue weighted by molar-refractivity contribution is 7.08. The van der Waals surface area contributed by atoms with Crippen LogP contribution in [0, 0.1) is 12.8 Å². The summed E-state index contributed by atoms with van der Waals surface area (Å²) in [7, 11) is 1.47. The number of para-hydroxylation sites is 1. The normalized spacial score (nSPS) is 17.3. The van der Waals surface area contributed by atoms with E-state index in [2.05, 4.69) is 0 Å². The lowest BCUT2D eigenvalue weighted by Gasteiger charge is -2.37. The summed E-state index contributed by atoms with van der Waals surface area (Å²) < 4.78 is 69.4. The van der Waals surface area contributed by atoms with Crippen LogP contribution in [0.1, 0.15) is 85.4 Å². The number of halogens is 3. The van der Waals surface area contributed by atoms with Crippen molar-refractivity contribution in [1.82, 2.24) is 4.57 Å². The number of alkyl halides is 3. The maximum Gasteiger partial charge on any atom is 0.416 e. The number of nitrogens with zero attached hydrogens (tertiary/aromatic N) is 1. The van der Waals surface area contributed by atoms with E-state index in [-0.39, 0.29) is 49.8 Å². The minimum atomic E-state index is -4.81. The van der Waals surface area contributed by atoms with Gasteiger partial charge in [0, 0.05) is 30.6 Å². The number of hydrogen-bond donors (Lipinski definition) is 2. The van der Waals surface area contributed by atoms with E-state index in [0.29, 0.717) is 64.5 Å². The monoisotopic (exact) mass is 821 g/mol. The number of unbranched alkanes of at least 4 members (excludes halogenated alkanes) is 3. The molecule has 0 saturated carbocycles. The standard InChI is InChI=1S/C44H46F3NO9S/c1-27(40(42(52)53)57-35-12-8-7-11-29(35)14-16-38(49)50)10-6-4-5-9-18-54-33-21-31(30-13-15-36-37(22-30)56-26-55-36)23-43(24-33,32-17-19-58-25-32)39-34(44(45,46)47)20-28(2)48(3)41(39)51/h7-8,11-13,15,17,19-22,24-25,27,40H,4-6,9-10,14,16,18,23,26H2,1-3H3,(H,49,50)(H,52,53). The average Bonchev–Trinajstić information content (AvgIpc) is 3.91. The summed E-state index contributed by atoms with van der Waals surface area (Å²) in [6, 6.07) is 15.0. The number of rotatable bonds is 18. The molecule has 2 aromatic carbocycles. The van der Waals surface area contributed by atoms with Gasteiger partial charge in [0.1, 0.15) is 11.5 Å². The molecule has 308 valence electrons. The molecule has 3 unspecified atom stereocenters. The Hall–Kier alpha value is -5.50. The molecule has 0 bridgehead atoms. The summed E-state index contributed by atoms with van der Waals surface area (Å²) >= 11 is 1.33. The number of carbonyl (C=O) groups is 2. The second kappa shape index (κ2) is 18.0. The third kappa shape index (κ3) is 9.44. The lowest BCUT2D eigenvalue weighted by atomic mass is 9.67. The lowest BCUT2D eigenvalue weighted by molar-refractivity contribution is -0.147. The molecule has 0 amide bonds. The molecule has 0 saturated heterocycles. The first-order valence-corrected chi connectivity index (χ1v) is 20.1. The predicted molar refractivity (Wildman–Crippen MR) is 212 cm³/mol. The van der Waals surface area contributed by atoms with Crippen molar-refractivity contribution in [3.8, 4) is 17.2 Å². The molecule has 1 aliphatic heterocycles. The highest BCUT2D eigenvalue weighted by Gasteiger charge is 2.47. The van der Waals surface area contributed by atoms with E-state index < -0.39 is 40.8 Å². The number of aryl methyl sites for hydroxylation is 2. The van der Waals surface area contributed by atoms with Crippen LogP contribution in [0.5, 0.6) is 17.2 Å². The molecule has 2 aromatic heterocycles. The van der Waals surface area contributed by atoms with Gasteiger partial charge < -0.3 is 33.7 Å². The molecule has 3 atom stereocenters. The number of thiophene rings is 1. The van der Waals surface area contributed by atoms with Gasteiger partial charge in [0.05, 0.1) is 17.6 Å². The Balaban J connectivity index is 1.19. The van der Waals surface area contributed by atoms with Crippen molar-refractivity contribution >= 4 is 28.8 Å². The molecule has 10 nitrogen and oxygen atoms in total. The van der Waals surface area contributed by atoms with Crippen molar-refractivity contribution in [3.63, 3.8) is 0 Å². The Morgan fingerprint density at radius 2 is 1.78 bits per heavy atom. The molecule has 58 heavy (non-hydrogen) atoms. The fraction of sp³-hybridized carbons (Fsp3) is 0.386. The number of benzene rings is 2. The van der Waals surface area contributed by atoms with Gasteiger partial charge in [0.2, 0.25) is 6.79 Å². The fourth-order valence-corrected chi connectivity index (χ4v) is 8.32. The zero-order chi connectivity index (χ0) is 41.6. The van der Waals surface area contributed by atoms with Crippen LogP contribution in [-0.2, 0) is 39.4 Å². The Morgan fingerprint density at radius 3 is 2.50 bits per heavy atom. The lowest BCUT2D eigenvalue weighted by Crippen LogP contribution is -2.40. The van der Waals surface area contributed by atoms with Gasteiger partial charge in [0.15, 0.2) is 17.6 Å². The fourth-order valence-electron chi connectivity index (χ4n) is 7.58. The molecule has 0 radical (unpaired) electrons. The number of aromatic nitrogens is 1. The second-order valence-corrected chi connectivity index (χ2v) is 15.6. The van der Waals surface area contributed by atoms with Gasteiger partial charge in [-0.2, -0.15) is 24.5 Å². The first-order valence-electron chi connectivity index (χ1n) is 19.1. The molecule has 0 fully saturated rings. The topological polar surface area (TPSA) is 134 Å². The number of allylic oxidation sites excluding steroid dienone is 3. The van der Waals surface area contributed by atoms with Crippen LogP contribution in [-0.4, -0.2) is 46.2 Å². The maximum atomic E-state index is 14.9. The summed E-state index contributed by atoms with van der Waals surface area (Å²) in [5.41, 5.74) is -0.935. The van der Waals surface area contributed by atoms with Crippen LogP contribution in [0.3, 0.4) is 0 Å². The van der Waals surface area contributed by atoms with E-state index in [4.69, 9.17) is 24.1 Å². The van der Waals surface area contributed by atoms with Crippen molar-refractivity contribution < 1.29 is 51.9 Å². The van der Waals surface area contributed by atoms with E-state index in [9.17, 15) is 32.7 Å². The first-order chi connectivity index (χ1) is 27.7. The molecule has 2 N–H and O–H groups in total. The number of aliphatic carboxylic acids is 2. The Kier molecular flexibility index (Phi) is 13.0. The molecule has 0 spiro atoms. The third-order valence-electron chi connectivity index (χ3n) is 10.8. The highest BCUT2D eigenvalue weighted by Crippen LogP contribution is 2.50. The van der Waals surface area contributed by atoms with Gasteiger partial charge in [-0.1, -0.05) is 50.5 Å². The number of pyridine rings is 1. The van der Waals surface area contributed by atoms with Crippen molar-refractivity contribution in [2.24, 2.45) is 13.0 Å². The molecular weight excluding hydrogens is 776 g/mol. The minimum absolute atomic E-state index is 0.0464. The maximum absolute atomic E-state index is 14.9. The third-order valence-corrected chi connectivity index (χ3v) is 11.5. The molecule has 6 rings (SSSR count). The highest BCUT2D eigenvalue weighted by atomic mass is 32.1. The molecule has 4 aromatic rings. The van der Waals surface area contributed by atoms with Crippen LogP contribution in [0.4, 0.5) is 13.2 Å². The zero-order valence-corrected chi connectivity index (χ0v) is 33.3. The summed E-state index contributed by atoms with van der Waals surface area (Å²) in [5.74, 6) is -0.645. The SMILES string of the molecule is Cc1cc(C(F)(F)F)c(C2(c3ccsc3)C=C(OCCCCCCC(C)C(Oc3ccccc3CCC(=O)O)C(=O)O)C=C(c3ccc4c(c3)OCO4)C2)c(=O)n1C. The van der Waals surface area contributed by atoms with E-state index >= 15 is 0 Å². The predicted octanol–water partition coefficient (Wildman–Crippen LogP) is 9.31. The number of ether oxygens (including phenoxy) is 4. The number of fused-ring (bicyclic) bond motifs is 1. The molecule has 1 aliphatic carbocycles. The van der Waals surface area contributed by atoms with Gasteiger partial charge >= 0.3 is 18.1 Å². The van der Waals surface area contributed by atoms with Crippen LogP contribution in [0.15, 0.2) is 88.1 Å². The van der Waals surface area contributed by atoms with Crippen molar-refractivity contribution in [2.45, 2.75) is 82.9 Å². The van der Waals surface area contributed by atoms with Gasteiger partial charge in [0.25, 0.3) is 5.56 Å². The Morgan fingerprint density at radius 1 is 1.02 bits per heavy atom. The largest absolute Gasteiger partial charge is 0.494 e.